The van der Waals surface area contributed by atoms with Gasteiger partial charge in [-0.25, -0.2) is 0 Å². The molecule has 0 N–H and O–H groups in total. The van der Waals surface area contributed by atoms with Crippen molar-refractivity contribution in [3.63, 3.8) is 0 Å². The zero-order chi connectivity index (χ0) is 33.7. The van der Waals surface area contributed by atoms with E-state index in [2.05, 4.69) is 194 Å². The molecule has 49 heavy (non-hydrogen) atoms. The fourth-order valence-corrected chi connectivity index (χ4v) is 10.9. The third-order valence-electron chi connectivity index (χ3n) is 8.45. The summed E-state index contributed by atoms with van der Waals surface area (Å²) in [6.07, 6.45) is 2.00. The van der Waals surface area contributed by atoms with Crippen LogP contribution in [0, 0.1) is 0 Å². The molecule has 7 aromatic rings. The van der Waals surface area contributed by atoms with Crippen LogP contribution in [-0.2, 0) is 28.3 Å². The largest absolute Gasteiger partial charge is 0.0622 e. The van der Waals surface area contributed by atoms with E-state index in [4.69, 9.17) is 19.1 Å². The van der Waals surface area contributed by atoms with Gasteiger partial charge in [-0.15, -0.1) is 0 Å². The molecule has 0 radical (unpaired) electrons. The summed E-state index contributed by atoms with van der Waals surface area (Å²) in [5.74, 6) is 0. The van der Waals surface area contributed by atoms with Gasteiger partial charge in [0.1, 0.15) is 0 Å². The summed E-state index contributed by atoms with van der Waals surface area (Å²) in [5, 5.41) is 5.65. The Kier molecular flexibility index (Phi) is 13.5. The maximum Gasteiger partial charge on any atom is 0.00136 e. The average Bonchev–Trinajstić information content (AvgIpc) is 3.18. The van der Waals surface area contributed by atoms with Crippen LogP contribution in [0.25, 0.3) is 22.3 Å². The number of benzene rings is 7. The fraction of sp³-hybridized carbons (Fsp3) is 0.0455. The minimum atomic E-state index is -0.543. The summed E-state index contributed by atoms with van der Waals surface area (Å²) in [6.45, 7) is 0. The summed E-state index contributed by atoms with van der Waals surface area (Å²) in [4.78, 5) is 0. The van der Waals surface area contributed by atoms with Gasteiger partial charge in [0.05, 0.1) is 0 Å². The summed E-state index contributed by atoms with van der Waals surface area (Å²) in [6, 6.07) is 71.3. The van der Waals surface area contributed by atoms with Crippen LogP contribution in [0.1, 0.15) is 11.1 Å². The van der Waals surface area contributed by atoms with E-state index in [-0.39, 0.29) is 15.9 Å². The molecule has 0 heterocycles. The molecule has 0 aliphatic carbocycles. The van der Waals surface area contributed by atoms with Gasteiger partial charge in [-0.05, 0) is 76.5 Å². The Morgan fingerprint density at radius 3 is 0.959 bits per heavy atom. The van der Waals surface area contributed by atoms with Crippen molar-refractivity contribution in [1.29, 1.82) is 0 Å². The second-order valence-corrected chi connectivity index (χ2v) is 18.2. The Bertz CT molecular complexity index is 1800. The predicted octanol–water partition coefficient (Wildman–Crippen LogP) is 11.7. The van der Waals surface area contributed by atoms with Crippen LogP contribution < -0.4 is 21.2 Å². The van der Waals surface area contributed by atoms with Gasteiger partial charge in [-0.1, -0.05) is 188 Å². The molecule has 0 amide bonds. The van der Waals surface area contributed by atoms with E-state index < -0.39 is 15.8 Å². The van der Waals surface area contributed by atoms with E-state index in [0.29, 0.717) is 0 Å². The van der Waals surface area contributed by atoms with Crippen LogP contribution in [0.5, 0.6) is 0 Å². The zero-order valence-corrected chi connectivity index (χ0v) is 31.7. The van der Waals surface area contributed by atoms with E-state index in [1.807, 2.05) is 0 Å². The molecular weight excluding hydrogens is 768 g/mol. The molecule has 0 unspecified atom stereocenters. The normalized spacial score (nSPS) is 10.9. The molecule has 0 saturated carbocycles. The van der Waals surface area contributed by atoms with Gasteiger partial charge in [0.2, 0.25) is 0 Å². The van der Waals surface area contributed by atoms with Crippen molar-refractivity contribution < 1.29 is 15.9 Å². The van der Waals surface area contributed by atoms with Crippen LogP contribution in [0.2, 0.25) is 0 Å². The molecule has 0 nitrogen and oxygen atoms in total. The average molecular weight is 804 g/mol. The van der Waals surface area contributed by atoms with Crippen LogP contribution in [0.15, 0.2) is 194 Å². The van der Waals surface area contributed by atoms with Crippen LogP contribution >= 0.6 is 34.9 Å². The molecule has 7 rings (SSSR count). The molecule has 0 aromatic heterocycles. The molecule has 0 fully saturated rings. The summed E-state index contributed by atoms with van der Waals surface area (Å²) >= 11 is -0.106. The molecule has 5 heteroatoms. The molecule has 0 aliphatic heterocycles. The fourth-order valence-electron chi connectivity index (χ4n) is 6.17. The van der Waals surface area contributed by atoms with Crippen molar-refractivity contribution in [3.8, 4) is 22.3 Å². The number of halogens is 2. The summed E-state index contributed by atoms with van der Waals surface area (Å²) in [5.41, 5.74) is 7.96. The van der Waals surface area contributed by atoms with Crippen molar-refractivity contribution in [3.05, 3.63) is 205 Å². The van der Waals surface area contributed by atoms with Gasteiger partial charge in [0, 0.05) is 12.3 Å². The first-order valence-electron chi connectivity index (χ1n) is 16.1. The molecule has 246 valence electrons. The molecule has 0 bridgehead atoms. The standard InChI is InChI=1S/C44H36P2.2ClH.Pd/c1-5-22-39(23-6-1)45(40-24-7-2-8-25-40)33-37-18-13-15-30-43(37)35-20-17-21-36(32-35)44-31-16-14-19-38(44)34-46(41-26-9-3-10-27-41)42-28-11-4-12-29-42;;;/h1-32H,33-34H2;2*1H;/q;;;+2/p-2. The summed E-state index contributed by atoms with van der Waals surface area (Å²) < 4.78 is 0. The monoisotopic (exact) mass is 802 g/mol. The number of hydrogen-bond donors (Lipinski definition) is 0. The topological polar surface area (TPSA) is 0 Å². The SMILES string of the molecule is [Cl][Pd][Cl].c1ccc(P(Cc2ccccc2-c2cccc(-c3ccccc3CP(c3ccccc3)c3ccccc3)c2)c2ccccc2)cc1. The second kappa shape index (κ2) is 18.6. The molecule has 0 saturated heterocycles. The molecule has 7 aromatic carbocycles. The molecule has 0 atom stereocenters. The van der Waals surface area contributed by atoms with Crippen molar-refractivity contribution in [2.45, 2.75) is 12.3 Å². The van der Waals surface area contributed by atoms with E-state index in [1.165, 1.54) is 54.6 Å². The minimum absolute atomic E-state index is 0.106. The van der Waals surface area contributed by atoms with Crippen molar-refractivity contribution >= 4 is 56.1 Å². The van der Waals surface area contributed by atoms with Crippen LogP contribution in [0.4, 0.5) is 0 Å². The molecular formula is C44H36Cl2P2Pd. The quantitative estimate of drug-likeness (QED) is 0.0954. The number of rotatable bonds is 10. The van der Waals surface area contributed by atoms with Crippen LogP contribution in [0.3, 0.4) is 0 Å². The maximum atomic E-state index is 4.81. The van der Waals surface area contributed by atoms with Crippen molar-refractivity contribution in [2.24, 2.45) is 0 Å². The first-order chi connectivity index (χ1) is 24.2. The first-order valence-corrected chi connectivity index (χ1v) is 23.1. The smallest absolute Gasteiger partial charge is 0.00136 e. The zero-order valence-electron chi connectivity index (χ0n) is 26.9. The van der Waals surface area contributed by atoms with E-state index in [1.54, 1.807) is 0 Å². The Hall–Kier alpha value is -3.36. The predicted molar refractivity (Wildman–Crippen MR) is 215 cm³/mol. The van der Waals surface area contributed by atoms with Crippen LogP contribution in [-0.4, -0.2) is 0 Å². The maximum absolute atomic E-state index is 4.81. The Morgan fingerprint density at radius 1 is 0.347 bits per heavy atom. The van der Waals surface area contributed by atoms with Gasteiger partial charge in [-0.3, -0.25) is 0 Å². The Morgan fingerprint density at radius 2 is 0.633 bits per heavy atom. The van der Waals surface area contributed by atoms with E-state index in [9.17, 15) is 0 Å². The molecule has 0 aliphatic rings. The van der Waals surface area contributed by atoms with Crippen molar-refractivity contribution in [1.82, 2.24) is 0 Å². The molecule has 0 spiro atoms. The van der Waals surface area contributed by atoms with Gasteiger partial charge in [0.25, 0.3) is 0 Å². The van der Waals surface area contributed by atoms with E-state index >= 15 is 0 Å². The third kappa shape index (κ3) is 9.46. The van der Waals surface area contributed by atoms with Gasteiger partial charge >= 0.3 is 35.0 Å². The summed E-state index contributed by atoms with van der Waals surface area (Å²) in [7, 11) is 8.54. The van der Waals surface area contributed by atoms with Crippen molar-refractivity contribution in [2.75, 3.05) is 0 Å². The number of hydrogen-bond acceptors (Lipinski definition) is 0. The third-order valence-corrected chi connectivity index (χ3v) is 13.4. The van der Waals surface area contributed by atoms with Gasteiger partial charge < -0.3 is 0 Å². The van der Waals surface area contributed by atoms with Gasteiger partial charge in [-0.2, -0.15) is 0 Å². The minimum Gasteiger partial charge on any atom is -0.0622 e. The van der Waals surface area contributed by atoms with E-state index in [0.717, 1.165) is 12.3 Å². The Balaban J connectivity index is 0.00000134. The second-order valence-electron chi connectivity index (χ2n) is 11.5. The Labute approximate surface area is 309 Å². The van der Waals surface area contributed by atoms with Gasteiger partial charge in [0.15, 0.2) is 0 Å². The first kappa shape index (κ1) is 35.5.